The van der Waals surface area contributed by atoms with Crippen LogP contribution in [0.25, 0.3) is 0 Å². The van der Waals surface area contributed by atoms with Gasteiger partial charge in [-0.05, 0) is 17.7 Å². The molecule has 1 aromatic carbocycles. The summed E-state index contributed by atoms with van der Waals surface area (Å²) in [7, 11) is 0. The van der Waals surface area contributed by atoms with Crippen LogP contribution >= 0.6 is 28.3 Å². The van der Waals surface area contributed by atoms with Crippen molar-refractivity contribution in [1.29, 1.82) is 0 Å². The van der Waals surface area contributed by atoms with Crippen molar-refractivity contribution in [2.24, 2.45) is 0 Å². The lowest BCUT2D eigenvalue weighted by Gasteiger charge is -2.36. The standard InChI is InChI=1S/C15H19BrN2O3.ClH/c16-12-3-1-2-11(8-12)14-10-18(5-7-21-14)15(19)13-9-17-4-6-20-13;/h1-3,8,13-14,17H,4-7,9-10H2;1H. The zero-order valence-corrected chi connectivity index (χ0v) is 14.6. The van der Waals surface area contributed by atoms with Crippen LogP contribution in [0.2, 0.25) is 0 Å². The summed E-state index contributed by atoms with van der Waals surface area (Å²) < 4.78 is 12.4. The molecular weight excluding hydrogens is 372 g/mol. The van der Waals surface area contributed by atoms with E-state index in [1.807, 2.05) is 29.2 Å². The van der Waals surface area contributed by atoms with E-state index in [4.69, 9.17) is 9.47 Å². The van der Waals surface area contributed by atoms with E-state index in [1.54, 1.807) is 0 Å². The molecule has 2 unspecified atom stereocenters. The fourth-order valence-electron chi connectivity index (χ4n) is 2.69. The third-order valence-electron chi connectivity index (χ3n) is 3.80. The molecule has 0 aliphatic carbocycles. The first-order chi connectivity index (χ1) is 10.2. The molecule has 1 aromatic rings. The summed E-state index contributed by atoms with van der Waals surface area (Å²) in [4.78, 5) is 14.3. The Morgan fingerprint density at radius 3 is 2.91 bits per heavy atom. The van der Waals surface area contributed by atoms with E-state index < -0.39 is 0 Å². The van der Waals surface area contributed by atoms with Crippen LogP contribution in [0.5, 0.6) is 0 Å². The molecule has 0 bridgehead atoms. The monoisotopic (exact) mass is 390 g/mol. The Morgan fingerprint density at radius 1 is 1.32 bits per heavy atom. The lowest BCUT2D eigenvalue weighted by atomic mass is 10.1. The molecule has 0 radical (unpaired) electrons. The van der Waals surface area contributed by atoms with Gasteiger partial charge in [-0.2, -0.15) is 0 Å². The predicted molar refractivity (Wildman–Crippen MR) is 89.3 cm³/mol. The Bertz CT molecular complexity index is 511. The molecule has 0 aromatic heterocycles. The molecule has 2 aliphatic rings. The van der Waals surface area contributed by atoms with Crippen LogP contribution in [0.15, 0.2) is 28.7 Å². The second-order valence-electron chi connectivity index (χ2n) is 5.26. The van der Waals surface area contributed by atoms with Crippen LogP contribution in [0.4, 0.5) is 0 Å². The van der Waals surface area contributed by atoms with Crippen LogP contribution in [-0.4, -0.2) is 56.3 Å². The number of hydrogen-bond donors (Lipinski definition) is 1. The van der Waals surface area contributed by atoms with E-state index in [-0.39, 0.29) is 30.5 Å². The van der Waals surface area contributed by atoms with Crippen molar-refractivity contribution in [2.45, 2.75) is 12.2 Å². The average Bonchev–Trinajstić information content (AvgIpc) is 2.55. The molecule has 2 saturated heterocycles. The number of halogens is 2. The second kappa shape index (κ2) is 8.26. The quantitative estimate of drug-likeness (QED) is 0.835. The Labute approximate surface area is 144 Å². The number of nitrogens with zero attached hydrogens (tertiary/aromatic N) is 1. The molecule has 122 valence electrons. The van der Waals surface area contributed by atoms with Gasteiger partial charge in [0.05, 0.1) is 19.8 Å². The Balaban J connectivity index is 0.00000176. The fourth-order valence-corrected chi connectivity index (χ4v) is 3.10. The van der Waals surface area contributed by atoms with Gasteiger partial charge in [0.15, 0.2) is 0 Å². The van der Waals surface area contributed by atoms with Crippen LogP contribution in [0, 0.1) is 0 Å². The highest BCUT2D eigenvalue weighted by Gasteiger charge is 2.31. The summed E-state index contributed by atoms with van der Waals surface area (Å²) in [6.07, 6.45) is -0.434. The van der Waals surface area contributed by atoms with Crippen LogP contribution in [0.1, 0.15) is 11.7 Å². The van der Waals surface area contributed by atoms with E-state index in [0.29, 0.717) is 32.8 Å². The number of morpholine rings is 2. The molecular formula is C15H20BrClN2O3. The van der Waals surface area contributed by atoms with Gasteiger partial charge in [-0.15, -0.1) is 12.4 Å². The normalized spacial score (nSPS) is 25.4. The number of carbonyl (C=O) groups is 1. The zero-order valence-electron chi connectivity index (χ0n) is 12.2. The minimum atomic E-state index is -0.361. The van der Waals surface area contributed by atoms with E-state index in [2.05, 4.69) is 21.2 Å². The first-order valence-corrected chi connectivity index (χ1v) is 8.01. The number of ether oxygens (including phenoxy) is 2. The highest BCUT2D eigenvalue weighted by Crippen LogP contribution is 2.25. The van der Waals surface area contributed by atoms with E-state index in [0.717, 1.165) is 16.6 Å². The smallest absolute Gasteiger partial charge is 0.253 e. The van der Waals surface area contributed by atoms with Crippen molar-refractivity contribution in [3.63, 3.8) is 0 Å². The molecule has 0 spiro atoms. The van der Waals surface area contributed by atoms with Crippen molar-refractivity contribution >= 4 is 34.2 Å². The van der Waals surface area contributed by atoms with Gasteiger partial charge < -0.3 is 19.7 Å². The molecule has 2 fully saturated rings. The molecule has 1 amide bonds. The first-order valence-electron chi connectivity index (χ1n) is 7.22. The van der Waals surface area contributed by atoms with Gasteiger partial charge in [0.1, 0.15) is 12.2 Å². The number of carbonyl (C=O) groups excluding carboxylic acids is 1. The zero-order chi connectivity index (χ0) is 14.7. The fraction of sp³-hybridized carbons (Fsp3) is 0.533. The molecule has 22 heavy (non-hydrogen) atoms. The summed E-state index contributed by atoms with van der Waals surface area (Å²) in [5, 5.41) is 3.20. The van der Waals surface area contributed by atoms with Crippen molar-refractivity contribution in [3.05, 3.63) is 34.3 Å². The maximum Gasteiger partial charge on any atom is 0.253 e. The third-order valence-corrected chi connectivity index (χ3v) is 4.29. The van der Waals surface area contributed by atoms with Gasteiger partial charge in [0.25, 0.3) is 5.91 Å². The number of hydrogen-bond acceptors (Lipinski definition) is 4. The van der Waals surface area contributed by atoms with Crippen LogP contribution in [-0.2, 0) is 14.3 Å². The van der Waals surface area contributed by atoms with Gasteiger partial charge in [0, 0.05) is 24.1 Å². The minimum Gasteiger partial charge on any atom is -0.370 e. The Kier molecular flexibility index (Phi) is 6.65. The lowest BCUT2D eigenvalue weighted by Crippen LogP contribution is -2.52. The summed E-state index contributed by atoms with van der Waals surface area (Å²) in [6, 6.07) is 8.04. The summed E-state index contributed by atoms with van der Waals surface area (Å²) in [6.45, 7) is 3.77. The van der Waals surface area contributed by atoms with Gasteiger partial charge in [-0.1, -0.05) is 28.1 Å². The topological polar surface area (TPSA) is 50.8 Å². The van der Waals surface area contributed by atoms with Crippen LogP contribution in [0.3, 0.4) is 0 Å². The molecule has 2 aliphatic heterocycles. The molecule has 3 rings (SSSR count). The van der Waals surface area contributed by atoms with Crippen molar-refractivity contribution in [2.75, 3.05) is 39.4 Å². The van der Waals surface area contributed by atoms with E-state index in [9.17, 15) is 4.79 Å². The Hall–Kier alpha value is -0.660. The minimum absolute atomic E-state index is 0. The summed E-state index contributed by atoms with van der Waals surface area (Å²) in [5.74, 6) is 0.0606. The molecule has 0 saturated carbocycles. The number of amides is 1. The maximum atomic E-state index is 12.5. The number of rotatable bonds is 2. The average molecular weight is 392 g/mol. The van der Waals surface area contributed by atoms with Gasteiger partial charge >= 0.3 is 0 Å². The predicted octanol–water partition coefficient (Wildman–Crippen LogP) is 1.76. The molecule has 7 heteroatoms. The van der Waals surface area contributed by atoms with Crippen LogP contribution < -0.4 is 5.32 Å². The highest BCUT2D eigenvalue weighted by atomic mass is 79.9. The Morgan fingerprint density at radius 2 is 2.18 bits per heavy atom. The van der Waals surface area contributed by atoms with E-state index >= 15 is 0 Å². The third kappa shape index (κ3) is 4.20. The highest BCUT2D eigenvalue weighted by molar-refractivity contribution is 9.10. The SMILES string of the molecule is Cl.O=C(C1CNCCO1)N1CCOC(c2cccc(Br)c2)C1. The van der Waals surface area contributed by atoms with E-state index in [1.165, 1.54) is 0 Å². The van der Waals surface area contributed by atoms with Gasteiger partial charge in [-0.3, -0.25) is 4.79 Å². The summed E-state index contributed by atoms with van der Waals surface area (Å²) >= 11 is 3.47. The largest absolute Gasteiger partial charge is 0.370 e. The lowest BCUT2D eigenvalue weighted by molar-refractivity contribution is -0.152. The molecule has 2 heterocycles. The molecule has 1 N–H and O–H groups in total. The van der Waals surface area contributed by atoms with Gasteiger partial charge in [0.2, 0.25) is 0 Å². The maximum absolute atomic E-state index is 12.5. The van der Waals surface area contributed by atoms with Gasteiger partial charge in [-0.25, -0.2) is 0 Å². The first kappa shape index (κ1) is 17.7. The van der Waals surface area contributed by atoms with Crippen molar-refractivity contribution in [1.82, 2.24) is 10.2 Å². The second-order valence-corrected chi connectivity index (χ2v) is 6.18. The molecule has 2 atom stereocenters. The number of benzene rings is 1. The van der Waals surface area contributed by atoms with Crippen molar-refractivity contribution in [3.8, 4) is 0 Å². The molecule has 5 nitrogen and oxygen atoms in total. The number of nitrogens with one attached hydrogen (secondary N) is 1. The summed E-state index contributed by atoms with van der Waals surface area (Å²) in [5.41, 5.74) is 1.09. The van der Waals surface area contributed by atoms with Crippen molar-refractivity contribution < 1.29 is 14.3 Å².